The monoisotopic (exact) mass is 549 g/mol. The zero-order chi connectivity index (χ0) is 28.5. The first kappa shape index (κ1) is 28.6. The summed E-state index contributed by atoms with van der Waals surface area (Å²) in [5.74, 6) is -0.957. The van der Waals surface area contributed by atoms with Crippen molar-refractivity contribution in [1.82, 2.24) is 0 Å². The van der Waals surface area contributed by atoms with E-state index in [2.05, 4.69) is 39.2 Å². The highest BCUT2D eigenvalue weighted by atomic mass is 28.3. The molecule has 0 atom stereocenters. The number of fused-ring (bicyclic) bond motifs is 1. The number of anilines is 1. The van der Waals surface area contributed by atoms with Crippen molar-refractivity contribution in [3.05, 3.63) is 47.0 Å². The third-order valence-corrected chi connectivity index (χ3v) is 14.1. The molecule has 7 nitrogen and oxygen atoms in total. The van der Waals surface area contributed by atoms with Crippen LogP contribution < -0.4 is 10.5 Å². The molecular formula is C31H39NO6Si. The number of nitrogens with one attached hydrogen (secondary N) is 1. The van der Waals surface area contributed by atoms with Gasteiger partial charge in [-0.2, -0.15) is 0 Å². The summed E-state index contributed by atoms with van der Waals surface area (Å²) < 4.78 is 16.9. The number of rotatable bonds is 7. The van der Waals surface area contributed by atoms with Crippen LogP contribution in [0.5, 0.6) is 0 Å². The predicted octanol–water partition coefficient (Wildman–Crippen LogP) is 6.90. The van der Waals surface area contributed by atoms with Crippen LogP contribution in [0, 0.1) is 0 Å². The van der Waals surface area contributed by atoms with Crippen molar-refractivity contribution in [3.8, 4) is 22.5 Å². The van der Waals surface area contributed by atoms with Gasteiger partial charge in [0.25, 0.3) is 0 Å². The quantitative estimate of drug-likeness (QED) is 0.195. The van der Waals surface area contributed by atoms with Gasteiger partial charge in [0.2, 0.25) is 5.88 Å². The van der Waals surface area contributed by atoms with Crippen molar-refractivity contribution in [3.63, 3.8) is 0 Å². The van der Waals surface area contributed by atoms with Crippen LogP contribution in [0.4, 0.5) is 5.88 Å². The molecule has 0 aromatic carbocycles. The smallest absolute Gasteiger partial charge is 0.344 e. The molecule has 0 radical (unpaired) electrons. The largest absolute Gasteiger partial charge is 0.465 e. The Morgan fingerprint density at radius 1 is 0.949 bits per heavy atom. The first-order chi connectivity index (χ1) is 18.5. The van der Waals surface area contributed by atoms with Gasteiger partial charge >= 0.3 is 11.9 Å². The molecule has 1 aromatic rings. The standard InChI is InChI=1S/C31H39NO6Si/c1-31(2,3)39(6,7)27-22(18-33)20-16-12-9-13-17-21(20)23(27)26-24(29(34)36-4)25(30(35)37-5)28(38-26)32-19-14-10-8-11-15-19/h9,12-13,16-19,32H,8,10-11,14-15H2,1-7H3. The zero-order valence-corrected chi connectivity index (χ0v) is 25.0. The minimum atomic E-state index is -2.42. The molecule has 8 heteroatoms. The second-order valence-corrected chi connectivity index (χ2v) is 17.1. The minimum Gasteiger partial charge on any atom is -0.465 e. The van der Waals surface area contributed by atoms with Crippen LogP contribution in [0.3, 0.4) is 0 Å². The van der Waals surface area contributed by atoms with E-state index in [1.807, 2.05) is 30.3 Å². The maximum Gasteiger partial charge on any atom is 0.344 e. The zero-order valence-electron chi connectivity index (χ0n) is 24.0. The van der Waals surface area contributed by atoms with Crippen LogP contribution in [0.2, 0.25) is 18.1 Å². The van der Waals surface area contributed by atoms with Gasteiger partial charge in [0.05, 0.1) is 22.3 Å². The molecular weight excluding hydrogens is 510 g/mol. The molecule has 0 aliphatic heterocycles. The van der Waals surface area contributed by atoms with Gasteiger partial charge in [-0.25, -0.2) is 9.59 Å². The summed E-state index contributed by atoms with van der Waals surface area (Å²) in [7, 11) is 0.145. The lowest BCUT2D eigenvalue weighted by Gasteiger charge is -2.38. The fourth-order valence-electron chi connectivity index (χ4n) is 5.52. The van der Waals surface area contributed by atoms with E-state index in [1.165, 1.54) is 20.6 Å². The summed E-state index contributed by atoms with van der Waals surface area (Å²) in [5.41, 5.74) is 2.85. The molecule has 0 saturated heterocycles. The summed E-state index contributed by atoms with van der Waals surface area (Å²) in [4.78, 5) is 39.4. The number of furan rings is 1. The van der Waals surface area contributed by atoms with Gasteiger partial charge in [-0.05, 0) is 34.2 Å². The second kappa shape index (κ2) is 11.0. The Morgan fingerprint density at radius 3 is 2.10 bits per heavy atom. The van der Waals surface area contributed by atoms with E-state index in [-0.39, 0.29) is 33.9 Å². The molecule has 39 heavy (non-hydrogen) atoms. The van der Waals surface area contributed by atoms with Gasteiger partial charge in [-0.15, -0.1) is 0 Å². The summed E-state index contributed by atoms with van der Waals surface area (Å²) in [5, 5.41) is 4.16. The highest BCUT2D eigenvalue weighted by Gasteiger charge is 2.45. The fourth-order valence-corrected chi connectivity index (χ4v) is 8.01. The number of methoxy groups -OCH3 is 2. The van der Waals surface area contributed by atoms with Gasteiger partial charge < -0.3 is 19.2 Å². The third kappa shape index (κ3) is 5.02. The Labute approximate surface area is 231 Å². The van der Waals surface area contributed by atoms with E-state index < -0.39 is 20.0 Å². The topological polar surface area (TPSA) is 94.8 Å². The Balaban J connectivity index is 2.14. The van der Waals surface area contributed by atoms with E-state index in [1.54, 1.807) is 0 Å². The highest BCUT2D eigenvalue weighted by Crippen LogP contribution is 2.47. The molecule has 1 fully saturated rings. The molecule has 1 heterocycles. The van der Waals surface area contributed by atoms with Crippen LogP contribution in [-0.2, 0) is 9.47 Å². The number of hydrogen-bond acceptors (Lipinski definition) is 7. The van der Waals surface area contributed by atoms with E-state index in [4.69, 9.17) is 13.9 Å². The molecule has 1 N–H and O–H groups in total. The van der Waals surface area contributed by atoms with Crippen molar-refractivity contribution >= 4 is 37.4 Å². The maximum absolute atomic E-state index is 13.4. The second-order valence-electron chi connectivity index (χ2n) is 11.9. The first-order valence-corrected chi connectivity index (χ1v) is 16.6. The molecule has 1 aromatic heterocycles. The van der Waals surface area contributed by atoms with Gasteiger partial charge in [-0.1, -0.05) is 83.5 Å². The van der Waals surface area contributed by atoms with Crippen LogP contribution in [-0.4, -0.2) is 46.6 Å². The number of aldehydes is 1. The minimum absolute atomic E-state index is 0.0125. The van der Waals surface area contributed by atoms with Crippen molar-refractivity contribution in [2.75, 3.05) is 19.5 Å². The molecule has 0 amide bonds. The Morgan fingerprint density at radius 2 is 1.54 bits per heavy atom. The van der Waals surface area contributed by atoms with Crippen LogP contribution in [0.25, 0.3) is 22.5 Å². The SMILES string of the molecule is COC(=O)c1c(NC2CCCCC2)oc(-c2c3cccccc-3c(C=O)c2[Si](C)(C)C(C)(C)C)c1C(=O)OC. The summed E-state index contributed by atoms with van der Waals surface area (Å²) in [6.07, 6.45) is 6.09. The molecule has 0 unspecified atom stereocenters. The Bertz CT molecular complexity index is 1360. The van der Waals surface area contributed by atoms with Crippen molar-refractivity contribution in [1.29, 1.82) is 0 Å². The van der Waals surface area contributed by atoms with Crippen LogP contribution in [0.1, 0.15) is 83.9 Å². The summed E-state index contributed by atoms with van der Waals surface area (Å²) in [6, 6.07) is 9.65. The lowest BCUT2D eigenvalue weighted by molar-refractivity contribution is 0.0558. The van der Waals surface area contributed by atoms with Gasteiger partial charge in [0.15, 0.2) is 12.0 Å². The van der Waals surface area contributed by atoms with Gasteiger partial charge in [-0.3, -0.25) is 4.79 Å². The summed E-state index contributed by atoms with van der Waals surface area (Å²) in [6.45, 7) is 11.0. The number of ether oxygens (including phenoxy) is 2. The maximum atomic E-state index is 13.4. The molecule has 4 rings (SSSR count). The lowest BCUT2D eigenvalue weighted by atomic mass is 9.95. The molecule has 3 aliphatic carbocycles. The van der Waals surface area contributed by atoms with E-state index in [0.717, 1.165) is 48.3 Å². The van der Waals surface area contributed by atoms with E-state index in [9.17, 15) is 14.4 Å². The first-order valence-electron chi connectivity index (χ1n) is 13.6. The van der Waals surface area contributed by atoms with Crippen LogP contribution in [0.15, 0.2) is 34.7 Å². The van der Waals surface area contributed by atoms with E-state index >= 15 is 0 Å². The fraction of sp³-hybridized carbons (Fsp3) is 0.452. The van der Waals surface area contributed by atoms with Gasteiger partial charge in [0.1, 0.15) is 11.1 Å². The highest BCUT2D eigenvalue weighted by molar-refractivity contribution is 6.94. The normalized spacial score (nSPS) is 14.7. The number of carbonyl (C=O) groups is 3. The average Bonchev–Trinajstić information content (AvgIpc) is 3.32. The molecule has 3 aliphatic rings. The number of carbonyl (C=O) groups excluding carboxylic acids is 3. The average molecular weight is 550 g/mol. The third-order valence-electron chi connectivity index (χ3n) is 8.59. The molecule has 0 bridgehead atoms. The number of hydrogen-bond donors (Lipinski definition) is 1. The van der Waals surface area contributed by atoms with Crippen molar-refractivity contribution < 1.29 is 28.3 Å². The number of esters is 2. The summed E-state index contributed by atoms with van der Waals surface area (Å²) >= 11 is 0. The van der Waals surface area contributed by atoms with Crippen molar-refractivity contribution in [2.45, 2.75) is 77.0 Å². The lowest BCUT2D eigenvalue weighted by Crippen LogP contribution is -2.51. The predicted molar refractivity (Wildman–Crippen MR) is 156 cm³/mol. The molecule has 208 valence electrons. The van der Waals surface area contributed by atoms with Gasteiger partial charge in [0, 0.05) is 17.2 Å². The Hall–Kier alpha value is -3.39. The van der Waals surface area contributed by atoms with E-state index in [0.29, 0.717) is 11.1 Å². The van der Waals surface area contributed by atoms with Crippen LogP contribution >= 0.6 is 0 Å². The molecule has 1 saturated carbocycles. The Kier molecular flexibility index (Phi) is 8.07. The van der Waals surface area contributed by atoms with Crippen molar-refractivity contribution in [2.24, 2.45) is 0 Å². The molecule has 0 spiro atoms.